The molecule has 0 unspecified atom stereocenters. The molecule has 0 saturated heterocycles. The summed E-state index contributed by atoms with van der Waals surface area (Å²) in [7, 11) is 0. The second-order valence-corrected chi connectivity index (χ2v) is 7.33. The third-order valence-electron chi connectivity index (χ3n) is 3.22. The fourth-order valence-corrected chi connectivity index (χ4v) is 3.74. The normalized spacial score (nSPS) is 11.0. The van der Waals surface area contributed by atoms with Gasteiger partial charge in [0.05, 0.1) is 0 Å². The van der Waals surface area contributed by atoms with E-state index in [1.165, 1.54) is 53.4 Å². The Morgan fingerprint density at radius 2 is 2.00 bits per heavy atom. The summed E-state index contributed by atoms with van der Waals surface area (Å²) in [6.45, 7) is 0. The van der Waals surface area contributed by atoms with Crippen molar-refractivity contribution in [3.05, 3.63) is 77.4 Å². The molecule has 1 N–H and O–H groups in total. The molecule has 3 rings (SSSR count). The standard InChI is InChI=1S/C18H13F2N3OS2/c19-14-6-3-4-12(10-14)8-9-16(24)21-17-22-23-18(26-17)25-11-13-5-1-2-7-15(13)20/h1-10H,11H2,(H,21,22,24)/b9-8+. The summed E-state index contributed by atoms with van der Waals surface area (Å²) in [4.78, 5) is 11.9. The molecule has 26 heavy (non-hydrogen) atoms. The van der Waals surface area contributed by atoms with Crippen LogP contribution in [0, 0.1) is 11.6 Å². The molecule has 0 spiro atoms. The molecule has 4 nitrogen and oxygen atoms in total. The van der Waals surface area contributed by atoms with Crippen LogP contribution in [0.5, 0.6) is 0 Å². The lowest BCUT2D eigenvalue weighted by molar-refractivity contribution is -0.111. The molecule has 0 fully saturated rings. The Morgan fingerprint density at radius 3 is 2.81 bits per heavy atom. The number of carbonyl (C=O) groups excluding carboxylic acids is 1. The number of nitrogens with one attached hydrogen (secondary N) is 1. The molecule has 3 aromatic rings. The van der Waals surface area contributed by atoms with E-state index in [-0.39, 0.29) is 11.6 Å². The van der Waals surface area contributed by atoms with Gasteiger partial charge in [0.25, 0.3) is 0 Å². The van der Waals surface area contributed by atoms with Gasteiger partial charge in [0.15, 0.2) is 4.34 Å². The number of hydrogen-bond acceptors (Lipinski definition) is 5. The Labute approximate surface area is 157 Å². The number of nitrogens with zero attached hydrogens (tertiary/aromatic N) is 2. The van der Waals surface area contributed by atoms with Crippen molar-refractivity contribution in [3.63, 3.8) is 0 Å². The Bertz CT molecular complexity index is 943. The molecule has 132 valence electrons. The van der Waals surface area contributed by atoms with Gasteiger partial charge in [-0.2, -0.15) is 0 Å². The Morgan fingerprint density at radius 1 is 1.15 bits per heavy atom. The van der Waals surface area contributed by atoms with Crippen molar-refractivity contribution >= 4 is 40.2 Å². The number of amides is 1. The van der Waals surface area contributed by atoms with Crippen LogP contribution in [0.4, 0.5) is 13.9 Å². The predicted molar refractivity (Wildman–Crippen MR) is 99.9 cm³/mol. The van der Waals surface area contributed by atoms with Crippen LogP contribution in [0.3, 0.4) is 0 Å². The van der Waals surface area contributed by atoms with Crippen LogP contribution < -0.4 is 5.32 Å². The number of carbonyl (C=O) groups is 1. The third kappa shape index (κ3) is 5.21. The molecule has 2 aromatic carbocycles. The van der Waals surface area contributed by atoms with E-state index >= 15 is 0 Å². The maximum atomic E-state index is 13.6. The molecule has 0 radical (unpaired) electrons. The second-order valence-electron chi connectivity index (χ2n) is 5.13. The van der Waals surface area contributed by atoms with Crippen LogP contribution in [0.25, 0.3) is 6.08 Å². The van der Waals surface area contributed by atoms with Gasteiger partial charge in [-0.25, -0.2) is 8.78 Å². The van der Waals surface area contributed by atoms with Crippen molar-refractivity contribution in [1.29, 1.82) is 0 Å². The highest BCUT2D eigenvalue weighted by molar-refractivity contribution is 8.00. The van der Waals surface area contributed by atoms with E-state index in [0.717, 1.165) is 0 Å². The van der Waals surface area contributed by atoms with Gasteiger partial charge in [0.1, 0.15) is 11.6 Å². The maximum absolute atomic E-state index is 13.6. The maximum Gasteiger partial charge on any atom is 0.250 e. The fourth-order valence-electron chi connectivity index (χ4n) is 2.00. The average molecular weight is 389 g/mol. The molecule has 1 heterocycles. The number of aromatic nitrogens is 2. The fraction of sp³-hybridized carbons (Fsp3) is 0.0556. The van der Waals surface area contributed by atoms with Crippen molar-refractivity contribution < 1.29 is 13.6 Å². The number of halogens is 2. The van der Waals surface area contributed by atoms with Crippen LogP contribution in [0.2, 0.25) is 0 Å². The lowest BCUT2D eigenvalue weighted by Crippen LogP contribution is -2.07. The zero-order chi connectivity index (χ0) is 18.4. The predicted octanol–water partition coefficient (Wildman–Crippen LogP) is 4.76. The number of rotatable bonds is 6. The average Bonchev–Trinajstić information content (AvgIpc) is 3.07. The number of thioether (sulfide) groups is 1. The number of benzene rings is 2. The molecule has 0 bridgehead atoms. The van der Waals surface area contributed by atoms with Crippen molar-refractivity contribution in [2.24, 2.45) is 0 Å². The molecule has 0 saturated carbocycles. The van der Waals surface area contributed by atoms with Crippen molar-refractivity contribution in [2.45, 2.75) is 10.1 Å². The van der Waals surface area contributed by atoms with Gasteiger partial charge < -0.3 is 0 Å². The zero-order valence-corrected chi connectivity index (χ0v) is 15.0. The van der Waals surface area contributed by atoms with Gasteiger partial charge in [-0.15, -0.1) is 10.2 Å². The van der Waals surface area contributed by atoms with E-state index in [0.29, 0.717) is 26.4 Å². The molecule has 0 aliphatic carbocycles. The van der Waals surface area contributed by atoms with Gasteiger partial charge >= 0.3 is 0 Å². The number of hydrogen-bond donors (Lipinski definition) is 1. The van der Waals surface area contributed by atoms with E-state index in [4.69, 9.17) is 0 Å². The van der Waals surface area contributed by atoms with Crippen LogP contribution in [0.15, 0.2) is 58.9 Å². The minimum Gasteiger partial charge on any atom is -0.297 e. The Kier molecular flexibility index (Phi) is 6.08. The molecular formula is C18H13F2N3OS2. The van der Waals surface area contributed by atoms with Gasteiger partial charge in [-0.3, -0.25) is 10.1 Å². The summed E-state index contributed by atoms with van der Waals surface area (Å²) in [5, 5.41) is 10.8. The minimum absolute atomic E-state index is 0.263. The minimum atomic E-state index is -0.393. The quantitative estimate of drug-likeness (QED) is 0.375. The highest BCUT2D eigenvalue weighted by Gasteiger charge is 2.08. The second kappa shape index (κ2) is 8.68. The summed E-state index contributed by atoms with van der Waals surface area (Å²) in [5.74, 6) is -0.598. The van der Waals surface area contributed by atoms with E-state index in [1.807, 2.05) is 0 Å². The van der Waals surface area contributed by atoms with Gasteiger partial charge in [-0.05, 0) is 35.4 Å². The third-order valence-corrected chi connectivity index (χ3v) is 5.24. The first-order valence-electron chi connectivity index (χ1n) is 7.54. The van der Waals surface area contributed by atoms with Crippen LogP contribution in [-0.2, 0) is 10.5 Å². The zero-order valence-electron chi connectivity index (χ0n) is 13.4. The van der Waals surface area contributed by atoms with Crippen molar-refractivity contribution in [2.75, 3.05) is 5.32 Å². The van der Waals surface area contributed by atoms with Crippen LogP contribution in [-0.4, -0.2) is 16.1 Å². The summed E-state index contributed by atoms with van der Waals surface area (Å²) in [6, 6.07) is 12.4. The first-order chi connectivity index (χ1) is 12.6. The van der Waals surface area contributed by atoms with Crippen LogP contribution in [0.1, 0.15) is 11.1 Å². The molecule has 0 aliphatic rings. The molecule has 0 atom stereocenters. The summed E-state index contributed by atoms with van der Waals surface area (Å²) < 4.78 is 27.3. The van der Waals surface area contributed by atoms with E-state index < -0.39 is 5.91 Å². The largest absolute Gasteiger partial charge is 0.297 e. The summed E-state index contributed by atoms with van der Waals surface area (Å²) in [5.41, 5.74) is 1.16. The van der Waals surface area contributed by atoms with Crippen LogP contribution >= 0.6 is 23.1 Å². The van der Waals surface area contributed by atoms with E-state index in [9.17, 15) is 13.6 Å². The van der Waals surface area contributed by atoms with Gasteiger partial charge in [0.2, 0.25) is 11.0 Å². The Balaban J connectivity index is 1.54. The van der Waals surface area contributed by atoms with E-state index in [1.54, 1.807) is 30.3 Å². The first-order valence-corrected chi connectivity index (χ1v) is 9.35. The Hall–Kier alpha value is -2.58. The SMILES string of the molecule is O=C(/C=C/c1cccc(F)c1)Nc1nnc(SCc2ccccc2F)s1. The summed E-state index contributed by atoms with van der Waals surface area (Å²) in [6.07, 6.45) is 2.80. The number of anilines is 1. The molecular weight excluding hydrogens is 376 g/mol. The lowest BCUT2D eigenvalue weighted by Gasteiger charge is -1.99. The monoisotopic (exact) mass is 389 g/mol. The smallest absolute Gasteiger partial charge is 0.250 e. The highest BCUT2D eigenvalue weighted by atomic mass is 32.2. The molecule has 1 aromatic heterocycles. The first kappa shape index (κ1) is 18.2. The van der Waals surface area contributed by atoms with Gasteiger partial charge in [0, 0.05) is 11.8 Å². The lowest BCUT2D eigenvalue weighted by atomic mass is 10.2. The van der Waals surface area contributed by atoms with E-state index in [2.05, 4.69) is 15.5 Å². The van der Waals surface area contributed by atoms with Gasteiger partial charge in [-0.1, -0.05) is 53.4 Å². The summed E-state index contributed by atoms with van der Waals surface area (Å²) >= 11 is 2.54. The topological polar surface area (TPSA) is 54.9 Å². The molecule has 8 heteroatoms. The molecule has 0 aliphatic heterocycles. The van der Waals surface area contributed by atoms with Crippen molar-refractivity contribution in [1.82, 2.24) is 10.2 Å². The van der Waals surface area contributed by atoms with Crippen molar-refractivity contribution in [3.8, 4) is 0 Å². The molecule has 1 amide bonds. The highest BCUT2D eigenvalue weighted by Crippen LogP contribution is 2.28.